The summed E-state index contributed by atoms with van der Waals surface area (Å²) in [5.74, 6) is 0.474. The maximum Gasteiger partial charge on any atom is 0.163 e. The Hall–Kier alpha value is -2.46. The van der Waals surface area contributed by atoms with Crippen molar-refractivity contribution in [3.05, 3.63) is 71.1 Å². The molecule has 3 aromatic rings. The van der Waals surface area contributed by atoms with Gasteiger partial charge in [0, 0.05) is 47.4 Å². The largest absolute Gasteiger partial charge is 0.371 e. The molecule has 5 rings (SSSR count). The number of pyridine rings is 1. The molecule has 0 N–H and O–H groups in total. The normalized spacial score (nSPS) is 18.5. The predicted molar refractivity (Wildman–Crippen MR) is 119 cm³/mol. The van der Waals surface area contributed by atoms with Gasteiger partial charge in [-0.2, -0.15) is 0 Å². The van der Waals surface area contributed by atoms with E-state index in [0.29, 0.717) is 22.8 Å². The van der Waals surface area contributed by atoms with Gasteiger partial charge in [0.05, 0.1) is 5.52 Å². The van der Waals surface area contributed by atoms with E-state index in [-0.39, 0.29) is 11.6 Å². The predicted octanol–water partition coefficient (Wildman–Crippen LogP) is 6.30. The Labute approximate surface area is 180 Å². The third kappa shape index (κ3) is 3.69. The van der Waals surface area contributed by atoms with Gasteiger partial charge in [0.25, 0.3) is 0 Å². The number of carbonyl (C=O) groups excluding carboxylic acids is 1. The highest BCUT2D eigenvalue weighted by atomic mass is 35.5. The van der Waals surface area contributed by atoms with Gasteiger partial charge >= 0.3 is 0 Å². The van der Waals surface area contributed by atoms with Crippen LogP contribution in [0, 0.1) is 17.2 Å². The molecule has 1 aromatic heterocycles. The monoisotopic (exact) mass is 422 g/mol. The molecule has 1 aliphatic heterocycles. The highest BCUT2D eigenvalue weighted by Crippen LogP contribution is 2.54. The summed E-state index contributed by atoms with van der Waals surface area (Å²) in [6, 6.07) is 14.0. The number of nitrogens with zero attached hydrogens (tertiary/aromatic N) is 2. The highest BCUT2D eigenvalue weighted by Gasteiger charge is 2.46. The van der Waals surface area contributed by atoms with E-state index in [9.17, 15) is 9.18 Å². The van der Waals surface area contributed by atoms with Gasteiger partial charge < -0.3 is 4.90 Å². The number of rotatable bonds is 4. The molecular weight excluding hydrogens is 399 g/mol. The lowest BCUT2D eigenvalue weighted by Gasteiger charge is -2.52. The lowest BCUT2D eigenvalue weighted by Crippen LogP contribution is -2.47. The first-order valence-electron chi connectivity index (χ1n) is 10.6. The summed E-state index contributed by atoms with van der Waals surface area (Å²) in [5.41, 5.74) is 3.03. The molecule has 1 saturated heterocycles. The first-order chi connectivity index (χ1) is 14.5. The molecule has 154 valence electrons. The summed E-state index contributed by atoms with van der Waals surface area (Å²) in [6.07, 6.45) is 6.94. The second kappa shape index (κ2) is 7.66. The van der Waals surface area contributed by atoms with E-state index in [1.165, 1.54) is 6.07 Å². The standard InChI is InChI=1S/C25H24ClFN2O/c26-19-3-1-18(2-4-19)24(30)13-17-15-25(16-17)8-11-29(12-9-25)23-7-10-28-22-6-5-20(27)14-21(22)23/h1-7,10,14,17H,8-9,11-13,15-16H2. The fraction of sp³-hybridized carbons (Fsp3) is 0.360. The van der Waals surface area contributed by atoms with Crippen molar-refractivity contribution in [2.45, 2.75) is 32.1 Å². The molecule has 1 aliphatic carbocycles. The Kier molecular flexibility index (Phi) is 4.98. The van der Waals surface area contributed by atoms with Crippen LogP contribution >= 0.6 is 11.6 Å². The van der Waals surface area contributed by atoms with Crippen LogP contribution in [0.2, 0.25) is 5.02 Å². The minimum absolute atomic E-state index is 0.217. The fourth-order valence-electron chi connectivity index (χ4n) is 5.34. The lowest BCUT2D eigenvalue weighted by molar-refractivity contribution is 0.0239. The van der Waals surface area contributed by atoms with E-state index < -0.39 is 0 Å². The molecule has 0 bridgehead atoms. The van der Waals surface area contributed by atoms with Gasteiger partial charge in [0.2, 0.25) is 0 Å². The number of benzene rings is 2. The van der Waals surface area contributed by atoms with E-state index in [0.717, 1.165) is 60.9 Å². The summed E-state index contributed by atoms with van der Waals surface area (Å²) in [7, 11) is 0. The topological polar surface area (TPSA) is 33.2 Å². The average molecular weight is 423 g/mol. The zero-order valence-electron chi connectivity index (χ0n) is 16.8. The Bertz CT molecular complexity index is 1080. The Morgan fingerprint density at radius 1 is 1.10 bits per heavy atom. The highest BCUT2D eigenvalue weighted by molar-refractivity contribution is 6.30. The number of hydrogen-bond donors (Lipinski definition) is 0. The number of fused-ring (bicyclic) bond motifs is 1. The molecule has 5 heteroatoms. The maximum atomic E-state index is 13.8. The van der Waals surface area contributed by atoms with E-state index in [4.69, 9.17) is 11.6 Å². The SMILES string of the molecule is O=C(CC1CC2(CCN(c3ccnc4ccc(F)cc34)CC2)C1)c1ccc(Cl)cc1. The third-order valence-electron chi connectivity index (χ3n) is 6.93. The summed E-state index contributed by atoms with van der Waals surface area (Å²) >= 11 is 5.92. The number of ketones is 1. The third-order valence-corrected chi connectivity index (χ3v) is 7.18. The summed E-state index contributed by atoms with van der Waals surface area (Å²) in [6.45, 7) is 1.93. The number of aromatic nitrogens is 1. The van der Waals surface area contributed by atoms with Crippen molar-refractivity contribution in [1.82, 2.24) is 4.98 Å². The van der Waals surface area contributed by atoms with Crippen LogP contribution in [0.5, 0.6) is 0 Å². The molecule has 0 atom stereocenters. The van der Waals surface area contributed by atoms with Gasteiger partial charge in [0.1, 0.15) is 5.82 Å². The molecule has 1 spiro atoms. The number of anilines is 1. The number of carbonyl (C=O) groups is 1. The Balaban J connectivity index is 1.20. The van der Waals surface area contributed by atoms with Crippen molar-refractivity contribution in [1.29, 1.82) is 0 Å². The van der Waals surface area contributed by atoms with Gasteiger partial charge in [-0.15, -0.1) is 0 Å². The quantitative estimate of drug-likeness (QED) is 0.463. The number of Topliss-reactive ketones (excluding diaryl/α,β-unsaturated/α-hetero) is 1. The first-order valence-corrected chi connectivity index (χ1v) is 11.0. The molecule has 2 fully saturated rings. The second-order valence-corrected chi connectivity index (χ2v) is 9.32. The number of piperidine rings is 1. The number of hydrogen-bond acceptors (Lipinski definition) is 3. The van der Waals surface area contributed by atoms with Crippen molar-refractivity contribution in [2.24, 2.45) is 11.3 Å². The number of halogens is 2. The van der Waals surface area contributed by atoms with E-state index >= 15 is 0 Å². The molecule has 2 aromatic carbocycles. The van der Waals surface area contributed by atoms with Crippen molar-refractivity contribution in [3.63, 3.8) is 0 Å². The van der Waals surface area contributed by atoms with Crippen LogP contribution in [0.15, 0.2) is 54.7 Å². The van der Waals surface area contributed by atoms with Gasteiger partial charge in [-0.3, -0.25) is 9.78 Å². The van der Waals surface area contributed by atoms with Crippen LogP contribution < -0.4 is 4.90 Å². The molecule has 0 radical (unpaired) electrons. The van der Waals surface area contributed by atoms with E-state index in [1.807, 2.05) is 24.4 Å². The summed E-state index contributed by atoms with van der Waals surface area (Å²) < 4.78 is 13.8. The second-order valence-electron chi connectivity index (χ2n) is 8.89. The van der Waals surface area contributed by atoms with Gasteiger partial charge in [-0.1, -0.05) is 11.6 Å². The van der Waals surface area contributed by atoms with Crippen molar-refractivity contribution < 1.29 is 9.18 Å². The van der Waals surface area contributed by atoms with Crippen molar-refractivity contribution in [2.75, 3.05) is 18.0 Å². The maximum absolute atomic E-state index is 13.8. The van der Waals surface area contributed by atoms with Crippen LogP contribution in [0.25, 0.3) is 10.9 Å². The minimum Gasteiger partial charge on any atom is -0.371 e. The molecule has 1 saturated carbocycles. The molecule has 0 unspecified atom stereocenters. The van der Waals surface area contributed by atoms with Crippen LogP contribution in [-0.4, -0.2) is 23.9 Å². The molecule has 0 amide bonds. The van der Waals surface area contributed by atoms with Gasteiger partial charge in [-0.25, -0.2) is 4.39 Å². The first kappa shape index (κ1) is 19.5. The summed E-state index contributed by atoms with van der Waals surface area (Å²) in [5, 5.41) is 1.54. The minimum atomic E-state index is -0.225. The molecular formula is C25H24ClFN2O. The van der Waals surface area contributed by atoms with Crippen LogP contribution in [-0.2, 0) is 0 Å². The van der Waals surface area contributed by atoms with Crippen molar-refractivity contribution in [3.8, 4) is 0 Å². The zero-order valence-corrected chi connectivity index (χ0v) is 17.5. The summed E-state index contributed by atoms with van der Waals surface area (Å²) in [4.78, 5) is 19.3. The Morgan fingerprint density at radius 2 is 1.83 bits per heavy atom. The van der Waals surface area contributed by atoms with Gasteiger partial charge in [-0.05, 0) is 85.5 Å². The molecule has 2 aliphatic rings. The van der Waals surface area contributed by atoms with Crippen molar-refractivity contribution >= 4 is 34.0 Å². The van der Waals surface area contributed by atoms with Crippen LogP contribution in [0.1, 0.15) is 42.5 Å². The molecule has 30 heavy (non-hydrogen) atoms. The van der Waals surface area contributed by atoms with E-state index in [1.54, 1.807) is 24.3 Å². The van der Waals surface area contributed by atoms with E-state index in [2.05, 4.69) is 9.88 Å². The molecule has 3 nitrogen and oxygen atoms in total. The van der Waals surface area contributed by atoms with Crippen LogP contribution in [0.4, 0.5) is 10.1 Å². The van der Waals surface area contributed by atoms with Crippen LogP contribution in [0.3, 0.4) is 0 Å². The smallest absolute Gasteiger partial charge is 0.163 e. The van der Waals surface area contributed by atoms with Gasteiger partial charge in [0.15, 0.2) is 5.78 Å². The lowest BCUT2D eigenvalue weighted by atomic mass is 9.56. The molecule has 2 heterocycles. The average Bonchev–Trinajstić information content (AvgIpc) is 2.73. The zero-order chi connectivity index (χ0) is 20.7. The Morgan fingerprint density at radius 3 is 2.57 bits per heavy atom. The fourth-order valence-corrected chi connectivity index (χ4v) is 5.46.